The Morgan fingerprint density at radius 1 is 1.12 bits per heavy atom. The highest BCUT2D eigenvalue weighted by atomic mass is 32.2. The monoisotopic (exact) mass is 377 g/mol. The Hall–Kier alpha value is -1.15. The van der Waals surface area contributed by atoms with Gasteiger partial charge in [0.1, 0.15) is 0 Å². The van der Waals surface area contributed by atoms with E-state index in [1.54, 1.807) is 0 Å². The highest BCUT2D eigenvalue weighted by Gasteiger charge is 2.51. The first-order chi connectivity index (χ1) is 11.7. The van der Waals surface area contributed by atoms with Gasteiger partial charge in [-0.1, -0.05) is 24.3 Å². The molecule has 1 aromatic carbocycles. The largest absolute Gasteiger partial charge is 0.494 e. The molecule has 1 heterocycles. The van der Waals surface area contributed by atoms with Crippen molar-refractivity contribution in [1.29, 1.82) is 0 Å². The summed E-state index contributed by atoms with van der Waals surface area (Å²) >= 11 is 0. The van der Waals surface area contributed by atoms with E-state index in [-0.39, 0.29) is 11.2 Å². The van der Waals surface area contributed by atoms with Crippen molar-refractivity contribution < 1.29 is 17.7 Å². The van der Waals surface area contributed by atoms with Crippen molar-refractivity contribution >= 4 is 28.2 Å². The second kappa shape index (κ2) is 5.93. The number of hydrogen-bond donors (Lipinski definition) is 1. The van der Waals surface area contributed by atoms with Gasteiger partial charge < -0.3 is 9.31 Å². The van der Waals surface area contributed by atoms with Crippen molar-refractivity contribution in [3.8, 4) is 0 Å². The Labute approximate surface area is 157 Å². The highest BCUT2D eigenvalue weighted by molar-refractivity contribution is 7.88. The van der Waals surface area contributed by atoms with Crippen LogP contribution in [0.4, 0.5) is 0 Å². The van der Waals surface area contributed by atoms with Crippen molar-refractivity contribution in [1.82, 2.24) is 4.72 Å². The normalized spacial score (nSPS) is 21.7. The highest BCUT2D eigenvalue weighted by Crippen LogP contribution is 2.38. The molecule has 0 aromatic heterocycles. The summed E-state index contributed by atoms with van der Waals surface area (Å²) in [6.45, 7) is 11.9. The molecule has 0 atom stereocenters. The Bertz CT molecular complexity index is 856. The van der Waals surface area contributed by atoms with Crippen LogP contribution in [0.2, 0.25) is 0 Å². The molecule has 0 amide bonds. The summed E-state index contributed by atoms with van der Waals surface area (Å²) in [6.07, 6.45) is 4.05. The molecule has 1 aromatic rings. The lowest BCUT2D eigenvalue weighted by Crippen LogP contribution is -2.43. The van der Waals surface area contributed by atoms with E-state index >= 15 is 0 Å². The van der Waals surface area contributed by atoms with E-state index in [1.807, 2.05) is 53.7 Å². The first-order valence-electron chi connectivity index (χ1n) is 8.90. The Kier molecular flexibility index (Phi) is 4.47. The molecule has 0 unspecified atom stereocenters. The van der Waals surface area contributed by atoms with E-state index in [1.165, 1.54) is 6.26 Å². The molecule has 1 saturated heterocycles. The zero-order valence-electron chi connectivity index (χ0n) is 16.6. The maximum absolute atomic E-state index is 11.7. The standard InChI is InChI=1S/C19H28BNO4S/c1-17(2,21-26(7,22)23)16-11-8-13-12-14(9-10-15(13)16)20-24-18(3,4)19(5,6)25-20/h9-12,21H,8H2,1-7H3. The van der Waals surface area contributed by atoms with Crippen LogP contribution in [-0.4, -0.2) is 38.5 Å². The van der Waals surface area contributed by atoms with Crippen LogP contribution in [0.1, 0.15) is 52.7 Å². The Balaban J connectivity index is 1.87. The zero-order valence-corrected chi connectivity index (χ0v) is 17.5. The van der Waals surface area contributed by atoms with Crippen LogP contribution in [0.25, 0.3) is 5.57 Å². The second-order valence-corrected chi connectivity index (χ2v) is 10.6. The summed E-state index contributed by atoms with van der Waals surface area (Å²) in [4.78, 5) is 0. The minimum Gasteiger partial charge on any atom is -0.399 e. The predicted octanol–water partition coefficient (Wildman–Crippen LogP) is 2.25. The molecule has 1 aliphatic carbocycles. The third kappa shape index (κ3) is 3.50. The molecular formula is C19H28BNO4S. The van der Waals surface area contributed by atoms with Crippen LogP contribution in [-0.2, 0) is 25.8 Å². The molecule has 0 saturated carbocycles. The van der Waals surface area contributed by atoms with E-state index in [0.29, 0.717) is 0 Å². The van der Waals surface area contributed by atoms with Gasteiger partial charge in [0.15, 0.2) is 0 Å². The summed E-state index contributed by atoms with van der Waals surface area (Å²) < 4.78 is 38.4. The maximum Gasteiger partial charge on any atom is 0.494 e. The summed E-state index contributed by atoms with van der Waals surface area (Å²) in [5, 5.41) is 0. The molecule has 7 heteroatoms. The van der Waals surface area contributed by atoms with E-state index in [2.05, 4.69) is 16.9 Å². The molecule has 142 valence electrons. The fourth-order valence-corrected chi connectivity index (χ4v) is 4.64. The molecule has 26 heavy (non-hydrogen) atoms. The van der Waals surface area contributed by atoms with Gasteiger partial charge in [-0.05, 0) is 70.1 Å². The van der Waals surface area contributed by atoms with Crippen molar-refractivity contribution in [2.24, 2.45) is 0 Å². The smallest absolute Gasteiger partial charge is 0.399 e. The summed E-state index contributed by atoms with van der Waals surface area (Å²) in [7, 11) is -3.69. The van der Waals surface area contributed by atoms with Crippen LogP contribution in [0, 0.1) is 0 Å². The summed E-state index contributed by atoms with van der Waals surface area (Å²) in [5.74, 6) is 0. The third-order valence-corrected chi connectivity index (χ3v) is 6.47. The van der Waals surface area contributed by atoms with Gasteiger partial charge in [0.05, 0.1) is 23.0 Å². The maximum atomic E-state index is 11.7. The lowest BCUT2D eigenvalue weighted by Gasteiger charge is -2.32. The van der Waals surface area contributed by atoms with Crippen LogP contribution < -0.4 is 10.2 Å². The zero-order chi connectivity index (χ0) is 19.5. The quantitative estimate of drug-likeness (QED) is 0.818. The average molecular weight is 377 g/mol. The number of allylic oxidation sites excluding steroid dienone is 1. The van der Waals surface area contributed by atoms with Gasteiger partial charge in [-0.25, -0.2) is 13.1 Å². The van der Waals surface area contributed by atoms with E-state index in [9.17, 15) is 8.42 Å². The third-order valence-electron chi connectivity index (χ3n) is 5.58. The van der Waals surface area contributed by atoms with Gasteiger partial charge in [-0.2, -0.15) is 0 Å². The number of fused-ring (bicyclic) bond motifs is 1. The summed E-state index contributed by atoms with van der Waals surface area (Å²) in [5.41, 5.74) is 2.82. The fraction of sp³-hybridized carbons (Fsp3) is 0.579. The topological polar surface area (TPSA) is 64.6 Å². The molecule has 0 spiro atoms. The van der Waals surface area contributed by atoms with Crippen LogP contribution in [0.15, 0.2) is 24.3 Å². The van der Waals surface area contributed by atoms with E-state index in [4.69, 9.17) is 9.31 Å². The lowest BCUT2D eigenvalue weighted by atomic mass is 9.77. The molecule has 1 fully saturated rings. The van der Waals surface area contributed by atoms with Crippen LogP contribution >= 0.6 is 0 Å². The molecule has 0 bridgehead atoms. The van der Waals surface area contributed by atoms with Crippen molar-refractivity contribution in [2.75, 3.05) is 6.26 Å². The van der Waals surface area contributed by atoms with Gasteiger partial charge in [-0.3, -0.25) is 0 Å². The number of sulfonamides is 1. The molecule has 1 N–H and O–H groups in total. The molecule has 1 aliphatic heterocycles. The van der Waals surface area contributed by atoms with Crippen molar-refractivity contribution in [3.05, 3.63) is 35.4 Å². The predicted molar refractivity (Wildman–Crippen MR) is 106 cm³/mol. The van der Waals surface area contributed by atoms with Crippen molar-refractivity contribution in [2.45, 2.75) is 64.7 Å². The first-order valence-corrected chi connectivity index (χ1v) is 10.8. The summed E-state index contributed by atoms with van der Waals surface area (Å²) in [6, 6.07) is 6.16. The SMILES string of the molecule is CC(C)(NS(C)(=O)=O)C1=CCc2cc(B3OC(C)(C)C(C)(C)O3)ccc21. The molecule has 3 rings (SSSR count). The number of rotatable bonds is 4. The number of nitrogens with one attached hydrogen (secondary N) is 1. The van der Waals surface area contributed by atoms with Gasteiger partial charge >= 0.3 is 7.12 Å². The average Bonchev–Trinajstić information content (AvgIpc) is 2.95. The molecular weight excluding hydrogens is 349 g/mol. The Morgan fingerprint density at radius 3 is 2.23 bits per heavy atom. The minimum absolute atomic E-state index is 0.374. The van der Waals surface area contributed by atoms with Gasteiger partial charge in [0, 0.05) is 0 Å². The fourth-order valence-electron chi connectivity index (χ4n) is 3.60. The van der Waals surface area contributed by atoms with E-state index in [0.717, 1.165) is 28.6 Å². The van der Waals surface area contributed by atoms with Gasteiger partial charge in [0.2, 0.25) is 10.0 Å². The number of benzene rings is 1. The van der Waals surface area contributed by atoms with Crippen molar-refractivity contribution in [3.63, 3.8) is 0 Å². The minimum atomic E-state index is -3.30. The molecule has 2 aliphatic rings. The van der Waals surface area contributed by atoms with E-state index < -0.39 is 22.7 Å². The molecule has 0 radical (unpaired) electrons. The molecule has 5 nitrogen and oxygen atoms in total. The first kappa shape index (κ1) is 19.6. The van der Waals surface area contributed by atoms with Gasteiger partial charge in [-0.15, -0.1) is 0 Å². The van der Waals surface area contributed by atoms with Gasteiger partial charge in [0.25, 0.3) is 0 Å². The lowest BCUT2D eigenvalue weighted by molar-refractivity contribution is 0.00578. The Morgan fingerprint density at radius 2 is 1.69 bits per heavy atom. The second-order valence-electron chi connectivity index (χ2n) is 8.83. The van der Waals surface area contributed by atoms with Crippen LogP contribution in [0.5, 0.6) is 0 Å². The van der Waals surface area contributed by atoms with Crippen LogP contribution in [0.3, 0.4) is 0 Å². The number of hydrogen-bond acceptors (Lipinski definition) is 4.